The predicted molar refractivity (Wildman–Crippen MR) is 110 cm³/mol. The molecule has 0 aliphatic heterocycles. The van der Waals surface area contributed by atoms with Crippen molar-refractivity contribution in [3.8, 4) is 23.0 Å². The van der Waals surface area contributed by atoms with E-state index in [4.69, 9.17) is 23.7 Å². The lowest BCUT2D eigenvalue weighted by Crippen LogP contribution is -2.14. The second-order valence-electron chi connectivity index (χ2n) is 6.22. The number of phenolic OH excluding ortho intramolecular Hbond substituents is 2. The Morgan fingerprint density at radius 3 is 1.29 bits per heavy atom. The molecule has 0 atom stereocenters. The van der Waals surface area contributed by atoms with Gasteiger partial charge >= 0.3 is 0 Å². The highest BCUT2D eigenvalue weighted by Gasteiger charge is 2.05. The van der Waals surface area contributed by atoms with Gasteiger partial charge in [-0.1, -0.05) is 0 Å². The van der Waals surface area contributed by atoms with Gasteiger partial charge in [0.25, 0.3) is 0 Å². The average Bonchev–Trinajstić information content (AvgIpc) is 2.79. The molecule has 0 fully saturated rings. The average molecular weight is 434 g/mol. The van der Waals surface area contributed by atoms with Crippen LogP contribution in [0, 0.1) is 0 Å². The molecule has 2 aromatic carbocycles. The van der Waals surface area contributed by atoms with Gasteiger partial charge < -0.3 is 33.9 Å². The van der Waals surface area contributed by atoms with Gasteiger partial charge in [0, 0.05) is 11.1 Å². The summed E-state index contributed by atoms with van der Waals surface area (Å²) < 4.78 is 26.9. The fourth-order valence-electron chi connectivity index (χ4n) is 2.40. The van der Waals surface area contributed by atoms with Crippen LogP contribution in [0.1, 0.15) is 20.7 Å². The Kier molecular flexibility index (Phi) is 10.9. The molecule has 9 nitrogen and oxygen atoms in total. The van der Waals surface area contributed by atoms with E-state index in [1.54, 1.807) is 0 Å². The summed E-state index contributed by atoms with van der Waals surface area (Å²) in [6, 6.07) is 8.72. The Morgan fingerprint density at radius 1 is 0.581 bits per heavy atom. The highest BCUT2D eigenvalue weighted by atomic mass is 16.6. The first-order valence-corrected chi connectivity index (χ1v) is 9.69. The Hall–Kier alpha value is -3.14. The summed E-state index contributed by atoms with van der Waals surface area (Å²) in [6.07, 6.45) is 1.35. The molecule has 2 rings (SSSR count). The highest BCUT2D eigenvalue weighted by molar-refractivity contribution is 5.76. The lowest BCUT2D eigenvalue weighted by atomic mass is 10.2. The number of hydrogen-bond acceptors (Lipinski definition) is 9. The van der Waals surface area contributed by atoms with Gasteiger partial charge in [-0.15, -0.1) is 0 Å². The molecule has 0 aliphatic rings. The van der Waals surface area contributed by atoms with E-state index in [-0.39, 0.29) is 36.2 Å². The Morgan fingerprint density at radius 2 is 0.935 bits per heavy atom. The summed E-state index contributed by atoms with van der Waals surface area (Å²) in [7, 11) is 0. The number of carbonyl (C=O) groups excluding carboxylic acids is 2. The van der Waals surface area contributed by atoms with Crippen LogP contribution in [-0.2, 0) is 14.2 Å². The van der Waals surface area contributed by atoms with Gasteiger partial charge in [-0.05, 0) is 36.4 Å². The molecule has 0 aromatic heterocycles. The van der Waals surface area contributed by atoms with Gasteiger partial charge in [0.1, 0.15) is 25.8 Å². The highest BCUT2D eigenvalue weighted by Crippen LogP contribution is 2.26. The third-order valence-electron chi connectivity index (χ3n) is 3.95. The normalized spacial score (nSPS) is 10.6. The van der Waals surface area contributed by atoms with Crippen LogP contribution in [0.2, 0.25) is 0 Å². The lowest BCUT2D eigenvalue weighted by Gasteiger charge is -2.10. The van der Waals surface area contributed by atoms with E-state index in [0.717, 1.165) is 0 Å². The zero-order chi connectivity index (χ0) is 22.3. The van der Waals surface area contributed by atoms with E-state index < -0.39 is 0 Å². The molecule has 9 heteroatoms. The number of phenols is 2. The molecule has 0 aliphatic carbocycles. The molecule has 2 aromatic rings. The molecular formula is C22H26O9. The standard InChI is InChI=1S/C22H26O9/c23-15-17-1-3-19(25)21(13-17)30-11-9-28-7-5-27-6-8-29-10-12-31-22-14-18(16-24)2-4-20(22)26/h1-4,13-16,25-26H,5-12H2. The molecule has 168 valence electrons. The monoisotopic (exact) mass is 434 g/mol. The number of rotatable bonds is 16. The third-order valence-corrected chi connectivity index (χ3v) is 3.95. The number of ether oxygens (including phenoxy) is 5. The van der Waals surface area contributed by atoms with Crippen molar-refractivity contribution in [2.45, 2.75) is 0 Å². The molecular weight excluding hydrogens is 408 g/mol. The number of benzene rings is 2. The molecule has 0 unspecified atom stereocenters. The summed E-state index contributed by atoms with van der Waals surface area (Å²) in [5.41, 5.74) is 0.835. The number of aromatic hydroxyl groups is 2. The zero-order valence-corrected chi connectivity index (χ0v) is 17.0. The van der Waals surface area contributed by atoms with Crippen LogP contribution in [-0.4, -0.2) is 75.6 Å². The summed E-state index contributed by atoms with van der Waals surface area (Å²) in [5.74, 6) is 0.394. The van der Waals surface area contributed by atoms with Crippen LogP contribution in [0.4, 0.5) is 0 Å². The maximum atomic E-state index is 10.7. The van der Waals surface area contributed by atoms with Crippen LogP contribution in [0.15, 0.2) is 36.4 Å². The van der Waals surface area contributed by atoms with Crippen LogP contribution in [0.25, 0.3) is 0 Å². The lowest BCUT2D eigenvalue weighted by molar-refractivity contribution is 0.00479. The first kappa shape index (κ1) is 24.1. The molecule has 0 spiro atoms. The fourth-order valence-corrected chi connectivity index (χ4v) is 2.40. The molecule has 0 amide bonds. The first-order chi connectivity index (χ1) is 15.1. The summed E-state index contributed by atoms with van der Waals surface area (Å²) in [5, 5.41) is 19.3. The Labute approximate surface area is 180 Å². The minimum absolute atomic E-state index is 0.0365. The van der Waals surface area contributed by atoms with Gasteiger partial charge in [0.05, 0.1) is 39.6 Å². The summed E-state index contributed by atoms with van der Waals surface area (Å²) >= 11 is 0. The van der Waals surface area contributed by atoms with Crippen molar-refractivity contribution >= 4 is 12.6 Å². The molecule has 0 heterocycles. The molecule has 0 saturated heterocycles. The fraction of sp³-hybridized carbons (Fsp3) is 0.364. The van der Waals surface area contributed by atoms with Gasteiger partial charge in [-0.2, -0.15) is 0 Å². The minimum Gasteiger partial charge on any atom is -0.504 e. The predicted octanol–water partition coefficient (Wildman–Crippen LogP) is 2.23. The van der Waals surface area contributed by atoms with Crippen LogP contribution < -0.4 is 9.47 Å². The van der Waals surface area contributed by atoms with E-state index in [9.17, 15) is 19.8 Å². The molecule has 0 saturated carbocycles. The SMILES string of the molecule is O=Cc1ccc(O)c(OCCOCCOCCOCCOc2cc(C=O)ccc2O)c1. The van der Waals surface area contributed by atoms with Crippen molar-refractivity contribution in [2.75, 3.05) is 52.9 Å². The smallest absolute Gasteiger partial charge is 0.161 e. The van der Waals surface area contributed by atoms with Crippen LogP contribution in [0.3, 0.4) is 0 Å². The first-order valence-electron chi connectivity index (χ1n) is 9.69. The second-order valence-corrected chi connectivity index (χ2v) is 6.22. The molecule has 0 bridgehead atoms. The van der Waals surface area contributed by atoms with Gasteiger partial charge in [0.2, 0.25) is 0 Å². The van der Waals surface area contributed by atoms with E-state index in [1.807, 2.05) is 0 Å². The van der Waals surface area contributed by atoms with Crippen LogP contribution >= 0.6 is 0 Å². The maximum Gasteiger partial charge on any atom is 0.161 e. The van der Waals surface area contributed by atoms with Gasteiger partial charge in [-0.3, -0.25) is 9.59 Å². The van der Waals surface area contributed by atoms with Gasteiger partial charge in [-0.25, -0.2) is 0 Å². The number of carbonyl (C=O) groups is 2. The number of aldehydes is 2. The van der Waals surface area contributed by atoms with Gasteiger partial charge in [0.15, 0.2) is 23.0 Å². The molecule has 0 radical (unpaired) electrons. The Balaban J connectivity index is 1.42. The van der Waals surface area contributed by atoms with Crippen molar-refractivity contribution in [2.24, 2.45) is 0 Å². The van der Waals surface area contributed by atoms with E-state index in [1.165, 1.54) is 36.4 Å². The largest absolute Gasteiger partial charge is 0.504 e. The van der Waals surface area contributed by atoms with E-state index in [0.29, 0.717) is 63.3 Å². The number of hydrogen-bond donors (Lipinski definition) is 2. The van der Waals surface area contributed by atoms with Crippen molar-refractivity contribution in [1.29, 1.82) is 0 Å². The van der Waals surface area contributed by atoms with E-state index >= 15 is 0 Å². The van der Waals surface area contributed by atoms with Crippen molar-refractivity contribution in [1.82, 2.24) is 0 Å². The van der Waals surface area contributed by atoms with Crippen molar-refractivity contribution in [3.63, 3.8) is 0 Å². The molecule has 31 heavy (non-hydrogen) atoms. The summed E-state index contributed by atoms with van der Waals surface area (Å²) in [6.45, 7) is 2.59. The quantitative estimate of drug-likeness (QED) is 0.303. The topological polar surface area (TPSA) is 121 Å². The minimum atomic E-state index is -0.0365. The Bertz CT molecular complexity index is 755. The van der Waals surface area contributed by atoms with Crippen LogP contribution in [0.5, 0.6) is 23.0 Å². The molecule has 2 N–H and O–H groups in total. The zero-order valence-electron chi connectivity index (χ0n) is 17.0. The maximum absolute atomic E-state index is 10.7. The third kappa shape index (κ3) is 9.04. The van der Waals surface area contributed by atoms with E-state index in [2.05, 4.69) is 0 Å². The second kappa shape index (κ2) is 14.0. The summed E-state index contributed by atoms with van der Waals surface area (Å²) in [4.78, 5) is 21.5. The van der Waals surface area contributed by atoms with Crippen molar-refractivity contribution in [3.05, 3.63) is 47.5 Å². The van der Waals surface area contributed by atoms with Crippen molar-refractivity contribution < 1.29 is 43.5 Å².